The van der Waals surface area contributed by atoms with E-state index >= 15 is 0 Å². The Morgan fingerprint density at radius 1 is 1.31 bits per heavy atom. The monoisotopic (exact) mass is 441 g/mol. The fraction of sp³-hybridized carbons (Fsp3) is 0.273. The highest BCUT2D eigenvalue weighted by Crippen LogP contribution is 2.14. The maximum atomic E-state index is 12.3. The van der Waals surface area contributed by atoms with Crippen LogP contribution in [-0.2, 0) is 11.2 Å². The molecule has 2 amide bonds. The van der Waals surface area contributed by atoms with E-state index in [1.165, 1.54) is 18.3 Å². The molecule has 0 aliphatic rings. The zero-order chi connectivity index (χ0) is 23.5. The Labute approximate surface area is 189 Å². The molecular weight excluding hydrogens is 410 g/mol. The van der Waals surface area contributed by atoms with Gasteiger partial charge in [-0.2, -0.15) is 5.26 Å². The van der Waals surface area contributed by atoms with Gasteiger partial charge in [0.2, 0.25) is 5.88 Å². The molecule has 0 saturated heterocycles. The van der Waals surface area contributed by atoms with Gasteiger partial charge in [-0.25, -0.2) is 10.8 Å². The molecule has 10 heteroatoms. The third-order valence-corrected chi connectivity index (χ3v) is 4.51. The van der Waals surface area contributed by atoms with Gasteiger partial charge in [-0.05, 0) is 23.6 Å². The lowest BCUT2D eigenvalue weighted by Gasteiger charge is -2.16. The predicted molar refractivity (Wildman–Crippen MR) is 123 cm³/mol. The Bertz CT molecular complexity index is 1010. The van der Waals surface area contributed by atoms with Crippen LogP contribution in [0.2, 0.25) is 0 Å². The molecule has 0 bridgehead atoms. The molecule has 0 radical (unpaired) electrons. The summed E-state index contributed by atoms with van der Waals surface area (Å²) in [7, 11) is 1.46. The van der Waals surface area contributed by atoms with Crippen LogP contribution in [0.15, 0.2) is 54.4 Å². The third kappa shape index (κ3) is 7.00. The topological polar surface area (TPSA) is 159 Å². The molecule has 6 N–H and O–H groups in total. The largest absolute Gasteiger partial charge is 0.481 e. The number of nitrogens with one attached hydrogen (secondary N) is 2. The van der Waals surface area contributed by atoms with Crippen molar-refractivity contribution >= 4 is 11.8 Å². The zero-order valence-corrected chi connectivity index (χ0v) is 18.0. The van der Waals surface area contributed by atoms with Crippen molar-refractivity contribution in [3.63, 3.8) is 0 Å². The molecule has 1 aromatic carbocycles. The van der Waals surface area contributed by atoms with Gasteiger partial charge in [-0.3, -0.25) is 9.59 Å². The van der Waals surface area contributed by atoms with Gasteiger partial charge in [0, 0.05) is 21.7 Å². The molecule has 1 atom stereocenters. The summed E-state index contributed by atoms with van der Waals surface area (Å²) < 4.78 is 4.99. The number of rotatable bonds is 10. The Morgan fingerprint density at radius 2 is 2.03 bits per heavy atom. The van der Waals surface area contributed by atoms with Crippen LogP contribution in [0.3, 0.4) is 0 Å². The number of aryl methyl sites for hydroxylation is 1. The summed E-state index contributed by atoms with van der Waals surface area (Å²) >= 11 is 0. The number of ether oxygens (including phenoxy) is 1. The number of hydrogen-bond acceptors (Lipinski definition) is 8. The number of aromatic nitrogens is 1. The number of nitrogens with two attached hydrogens (primary N) is 2. The van der Waals surface area contributed by atoms with Crippen molar-refractivity contribution in [1.82, 2.24) is 20.6 Å². The van der Waals surface area contributed by atoms with Crippen LogP contribution in [0, 0.1) is 11.3 Å². The first-order chi connectivity index (χ1) is 15.4. The summed E-state index contributed by atoms with van der Waals surface area (Å²) in [5, 5.41) is 15.8. The van der Waals surface area contributed by atoms with Crippen LogP contribution in [0.25, 0.3) is 0 Å². The van der Waals surface area contributed by atoms with E-state index in [0.29, 0.717) is 11.4 Å². The molecule has 1 unspecified atom stereocenters. The van der Waals surface area contributed by atoms with Crippen molar-refractivity contribution in [3.8, 4) is 11.9 Å². The molecule has 0 aliphatic carbocycles. The molecule has 1 aromatic heterocycles. The first-order valence-corrected chi connectivity index (χ1v) is 9.95. The van der Waals surface area contributed by atoms with E-state index in [1.807, 2.05) is 25.1 Å². The highest BCUT2D eigenvalue weighted by Gasteiger charge is 2.16. The quantitative estimate of drug-likeness (QED) is 0.243. The van der Waals surface area contributed by atoms with E-state index in [9.17, 15) is 14.9 Å². The SMILES string of the molecule is CCc1ccc(C(C#N)NC(=O)/C(N)=C/N(N)CCNC(=O)c2cccc(OC)n2)cc1.[HH].[HH]. The van der Waals surface area contributed by atoms with E-state index in [0.717, 1.165) is 12.0 Å². The summed E-state index contributed by atoms with van der Waals surface area (Å²) in [6, 6.07) is 13.4. The molecule has 172 valence electrons. The lowest BCUT2D eigenvalue weighted by molar-refractivity contribution is -0.118. The molecule has 32 heavy (non-hydrogen) atoms. The number of nitrogens with zero attached hydrogens (tertiary/aromatic N) is 3. The zero-order valence-electron chi connectivity index (χ0n) is 18.0. The van der Waals surface area contributed by atoms with Crippen molar-refractivity contribution in [2.24, 2.45) is 11.6 Å². The van der Waals surface area contributed by atoms with Crippen molar-refractivity contribution < 1.29 is 17.2 Å². The molecular formula is C22H31N7O3. The number of hydrogen-bond donors (Lipinski definition) is 4. The van der Waals surface area contributed by atoms with Crippen molar-refractivity contribution in [2.45, 2.75) is 19.4 Å². The van der Waals surface area contributed by atoms with Crippen LogP contribution in [0.1, 0.15) is 37.4 Å². The van der Waals surface area contributed by atoms with Gasteiger partial charge in [0.25, 0.3) is 11.8 Å². The average Bonchev–Trinajstić information content (AvgIpc) is 2.82. The van der Waals surface area contributed by atoms with Crippen LogP contribution in [0.4, 0.5) is 0 Å². The number of hydrazine groups is 1. The minimum atomic E-state index is -0.846. The predicted octanol–water partition coefficient (Wildman–Crippen LogP) is 1.23. The van der Waals surface area contributed by atoms with E-state index in [1.54, 1.807) is 30.3 Å². The summed E-state index contributed by atoms with van der Waals surface area (Å²) in [4.78, 5) is 28.5. The molecule has 0 spiro atoms. The Morgan fingerprint density at radius 3 is 2.66 bits per heavy atom. The third-order valence-electron chi connectivity index (χ3n) is 4.51. The lowest BCUT2D eigenvalue weighted by Crippen LogP contribution is -2.38. The maximum absolute atomic E-state index is 12.3. The molecule has 2 rings (SSSR count). The van der Waals surface area contributed by atoms with E-state index < -0.39 is 17.9 Å². The van der Waals surface area contributed by atoms with Crippen molar-refractivity contribution in [2.75, 3.05) is 20.2 Å². The maximum Gasteiger partial charge on any atom is 0.270 e. The first-order valence-electron chi connectivity index (χ1n) is 9.95. The minimum absolute atomic E-state index is 0. The van der Waals surface area contributed by atoms with E-state index in [-0.39, 0.29) is 27.3 Å². The second-order valence-electron chi connectivity index (χ2n) is 6.77. The van der Waals surface area contributed by atoms with Gasteiger partial charge in [0.05, 0.1) is 19.7 Å². The number of amides is 2. The van der Waals surface area contributed by atoms with Gasteiger partial charge >= 0.3 is 0 Å². The lowest BCUT2D eigenvalue weighted by atomic mass is 10.0. The number of pyridine rings is 1. The fourth-order valence-electron chi connectivity index (χ4n) is 2.70. The minimum Gasteiger partial charge on any atom is -0.481 e. The summed E-state index contributed by atoms with van der Waals surface area (Å²) in [5.74, 6) is 5.15. The number of carbonyl (C=O) groups is 2. The van der Waals surface area contributed by atoms with Crippen LogP contribution in [-0.4, -0.2) is 42.0 Å². The highest BCUT2D eigenvalue weighted by atomic mass is 16.5. The summed E-state index contributed by atoms with van der Waals surface area (Å²) in [6.07, 6.45) is 2.11. The Hall–Kier alpha value is -4.10. The first kappa shape index (κ1) is 24.2. The van der Waals surface area contributed by atoms with Gasteiger partial charge < -0.3 is 26.1 Å². The standard InChI is InChI=1S/C22H27N7O3.2H2/c1-3-15-7-9-16(10-8-15)19(13-23)28-21(30)17(24)14-29(25)12-11-26-22(31)18-5-4-6-20(27-18)32-2;;/h4-10,14,19H,3,11-12,24-25H2,1-2H3,(H,26,31)(H,28,30);2*1H/b17-14-;;. The number of nitriles is 1. The fourth-order valence-corrected chi connectivity index (χ4v) is 2.70. The van der Waals surface area contributed by atoms with Gasteiger partial charge in [-0.1, -0.05) is 37.3 Å². The molecule has 1 heterocycles. The smallest absolute Gasteiger partial charge is 0.270 e. The summed E-state index contributed by atoms with van der Waals surface area (Å²) in [5.41, 5.74) is 7.63. The molecule has 0 fully saturated rings. The number of methoxy groups -OCH3 is 1. The molecule has 0 saturated carbocycles. The normalized spacial score (nSPS) is 11.8. The average molecular weight is 442 g/mol. The summed E-state index contributed by atoms with van der Waals surface area (Å²) in [6.45, 7) is 2.40. The number of carbonyl (C=O) groups excluding carboxylic acids is 2. The second kappa shape index (κ2) is 11.9. The van der Waals surface area contributed by atoms with Crippen molar-refractivity contribution in [1.29, 1.82) is 5.26 Å². The molecule has 2 aromatic rings. The van der Waals surface area contributed by atoms with Crippen LogP contribution in [0.5, 0.6) is 5.88 Å². The molecule has 0 aliphatic heterocycles. The Kier molecular flexibility index (Phi) is 9.01. The van der Waals surface area contributed by atoms with Gasteiger partial charge in [0.1, 0.15) is 17.4 Å². The van der Waals surface area contributed by atoms with Gasteiger partial charge in [-0.15, -0.1) is 0 Å². The van der Waals surface area contributed by atoms with Crippen LogP contribution >= 0.6 is 0 Å². The second-order valence-corrected chi connectivity index (χ2v) is 6.77. The Balaban J connectivity index is 0.00000544. The number of benzene rings is 1. The van der Waals surface area contributed by atoms with E-state index in [2.05, 4.69) is 15.6 Å². The van der Waals surface area contributed by atoms with E-state index in [4.69, 9.17) is 16.3 Å². The molecule has 10 nitrogen and oxygen atoms in total. The van der Waals surface area contributed by atoms with Gasteiger partial charge in [0.15, 0.2) is 0 Å². The van der Waals surface area contributed by atoms with Crippen molar-refractivity contribution in [3.05, 3.63) is 71.2 Å². The highest BCUT2D eigenvalue weighted by molar-refractivity contribution is 5.93. The van der Waals surface area contributed by atoms with Crippen LogP contribution < -0.4 is 26.9 Å².